The Labute approximate surface area is 178 Å². The number of carbonyl (C=O) groups is 1. The molecule has 1 amide bonds. The Morgan fingerprint density at radius 3 is 2.30 bits per heavy atom. The highest BCUT2D eigenvalue weighted by Gasteiger charge is 2.17. The predicted molar refractivity (Wildman–Crippen MR) is 116 cm³/mol. The Hall–Kier alpha value is -2.42. The van der Waals surface area contributed by atoms with Crippen LogP contribution in [0, 0.1) is 0 Å². The second kappa shape index (κ2) is 10.1. The van der Waals surface area contributed by atoms with E-state index in [1.807, 2.05) is 12.1 Å². The van der Waals surface area contributed by atoms with E-state index in [1.165, 1.54) is 19.2 Å². The number of sulfone groups is 1. The van der Waals surface area contributed by atoms with E-state index in [-0.39, 0.29) is 23.2 Å². The predicted octanol–water partition coefficient (Wildman–Crippen LogP) is 2.22. The highest BCUT2D eigenvalue weighted by molar-refractivity contribution is 7.91. The van der Waals surface area contributed by atoms with Crippen LogP contribution in [0.25, 0.3) is 0 Å². The fourth-order valence-electron chi connectivity index (χ4n) is 3.32. The first-order chi connectivity index (χ1) is 14.4. The summed E-state index contributed by atoms with van der Waals surface area (Å²) in [6.45, 7) is 3.85. The average Bonchev–Trinajstić information content (AvgIpc) is 2.78. The zero-order valence-corrected chi connectivity index (χ0v) is 18.2. The van der Waals surface area contributed by atoms with E-state index in [2.05, 4.69) is 17.0 Å². The minimum atomic E-state index is -3.41. The highest BCUT2D eigenvalue weighted by Crippen LogP contribution is 2.18. The summed E-state index contributed by atoms with van der Waals surface area (Å²) in [5.41, 5.74) is 2.64. The largest absolute Gasteiger partial charge is 0.384 e. The van der Waals surface area contributed by atoms with Crippen LogP contribution in [0.4, 0.5) is 5.69 Å². The van der Waals surface area contributed by atoms with Crippen molar-refractivity contribution in [3.8, 4) is 0 Å². The number of ether oxygens (including phenoxy) is 2. The van der Waals surface area contributed by atoms with Gasteiger partial charge in [0.15, 0.2) is 9.84 Å². The molecule has 30 heavy (non-hydrogen) atoms. The Kier molecular flexibility index (Phi) is 7.47. The van der Waals surface area contributed by atoms with Gasteiger partial charge in [0.05, 0.1) is 30.5 Å². The van der Waals surface area contributed by atoms with Gasteiger partial charge in [0, 0.05) is 45.0 Å². The van der Waals surface area contributed by atoms with Crippen molar-refractivity contribution in [2.24, 2.45) is 0 Å². The molecule has 1 fully saturated rings. The molecule has 1 saturated heterocycles. The first kappa shape index (κ1) is 22.3. The van der Waals surface area contributed by atoms with Crippen LogP contribution in [0.3, 0.4) is 0 Å². The summed E-state index contributed by atoms with van der Waals surface area (Å²) in [6, 6.07) is 14.3. The zero-order valence-electron chi connectivity index (χ0n) is 17.4. The number of methoxy groups -OCH3 is 1. The Morgan fingerprint density at radius 1 is 1.07 bits per heavy atom. The number of carbonyl (C=O) groups excluding carboxylic acids is 1. The summed E-state index contributed by atoms with van der Waals surface area (Å²) in [6.07, 6.45) is 0. The van der Waals surface area contributed by atoms with Gasteiger partial charge in [0.2, 0.25) is 0 Å². The van der Waals surface area contributed by atoms with Crippen LogP contribution >= 0.6 is 0 Å². The maximum absolute atomic E-state index is 12.7. The van der Waals surface area contributed by atoms with Crippen LogP contribution in [-0.4, -0.2) is 72.0 Å². The monoisotopic (exact) mass is 432 g/mol. The quantitative estimate of drug-likeness (QED) is 0.637. The zero-order chi connectivity index (χ0) is 21.6. The third-order valence-electron chi connectivity index (χ3n) is 5.10. The lowest BCUT2D eigenvalue weighted by Gasteiger charge is -2.29. The molecule has 0 saturated carbocycles. The lowest BCUT2D eigenvalue weighted by molar-refractivity contribution is 0.0785. The van der Waals surface area contributed by atoms with E-state index < -0.39 is 9.84 Å². The standard InChI is InChI=1S/C22H28N2O5S/c1-23(17-18-3-7-20(8-4-18)24-11-13-29-14-12-24)22(25)19-5-9-21(10-6-19)30(26,27)16-15-28-2/h3-10H,11-17H2,1-2H3. The van der Waals surface area contributed by atoms with Crippen LogP contribution in [0.2, 0.25) is 0 Å². The number of hydrogen-bond acceptors (Lipinski definition) is 6. The molecule has 0 atom stereocenters. The van der Waals surface area contributed by atoms with E-state index in [1.54, 1.807) is 24.1 Å². The SMILES string of the molecule is COCCS(=O)(=O)c1ccc(C(=O)N(C)Cc2ccc(N3CCOCC3)cc2)cc1. The third-order valence-corrected chi connectivity index (χ3v) is 6.79. The molecule has 162 valence electrons. The number of morpholine rings is 1. The van der Waals surface area contributed by atoms with Gasteiger partial charge < -0.3 is 19.3 Å². The van der Waals surface area contributed by atoms with Crippen LogP contribution < -0.4 is 4.90 Å². The normalized spacial score (nSPS) is 14.5. The molecule has 0 spiro atoms. The molecule has 1 aliphatic rings. The first-order valence-electron chi connectivity index (χ1n) is 9.89. The van der Waals surface area contributed by atoms with E-state index in [9.17, 15) is 13.2 Å². The van der Waals surface area contributed by atoms with Crippen molar-refractivity contribution in [1.29, 1.82) is 0 Å². The molecule has 0 aromatic heterocycles. The fraction of sp³-hybridized carbons (Fsp3) is 0.409. The first-order valence-corrected chi connectivity index (χ1v) is 11.5. The van der Waals surface area contributed by atoms with Gasteiger partial charge in [-0.15, -0.1) is 0 Å². The summed E-state index contributed by atoms with van der Waals surface area (Å²) in [5, 5.41) is 0. The molecule has 0 unspecified atom stereocenters. The van der Waals surface area contributed by atoms with Crippen molar-refractivity contribution >= 4 is 21.4 Å². The lowest BCUT2D eigenvalue weighted by atomic mass is 10.1. The number of hydrogen-bond donors (Lipinski definition) is 0. The minimum absolute atomic E-state index is 0.0862. The van der Waals surface area contributed by atoms with Gasteiger partial charge >= 0.3 is 0 Å². The molecule has 0 aliphatic carbocycles. The van der Waals surface area contributed by atoms with Gasteiger partial charge in [-0.1, -0.05) is 12.1 Å². The van der Waals surface area contributed by atoms with E-state index in [0.29, 0.717) is 12.1 Å². The third kappa shape index (κ3) is 5.59. The smallest absolute Gasteiger partial charge is 0.253 e. The van der Waals surface area contributed by atoms with Gasteiger partial charge in [-0.05, 0) is 42.0 Å². The molecule has 7 nitrogen and oxygen atoms in total. The second-order valence-corrected chi connectivity index (χ2v) is 9.37. The Morgan fingerprint density at radius 2 is 1.70 bits per heavy atom. The number of nitrogens with zero attached hydrogens (tertiary/aromatic N) is 2. The van der Waals surface area contributed by atoms with E-state index >= 15 is 0 Å². The molecule has 2 aromatic rings. The number of amides is 1. The van der Waals surface area contributed by atoms with Gasteiger partial charge in [0.25, 0.3) is 5.91 Å². The molecule has 0 radical (unpaired) electrons. The molecular formula is C22H28N2O5S. The Bertz CT molecular complexity index is 936. The van der Waals surface area contributed by atoms with Gasteiger partial charge in [-0.25, -0.2) is 8.42 Å². The van der Waals surface area contributed by atoms with Crippen LogP contribution in [0.5, 0.6) is 0 Å². The van der Waals surface area contributed by atoms with Crippen LogP contribution in [0.15, 0.2) is 53.4 Å². The molecule has 0 bridgehead atoms. The van der Waals surface area contributed by atoms with Crippen molar-refractivity contribution in [2.75, 3.05) is 57.7 Å². The summed E-state index contributed by atoms with van der Waals surface area (Å²) in [4.78, 5) is 16.8. The van der Waals surface area contributed by atoms with Crippen LogP contribution in [-0.2, 0) is 25.9 Å². The molecular weight excluding hydrogens is 404 g/mol. The van der Waals surface area contributed by atoms with Crippen molar-refractivity contribution < 1.29 is 22.7 Å². The molecule has 2 aromatic carbocycles. The van der Waals surface area contributed by atoms with Gasteiger partial charge in [-0.2, -0.15) is 0 Å². The lowest BCUT2D eigenvalue weighted by Crippen LogP contribution is -2.36. The van der Waals surface area contributed by atoms with Gasteiger partial charge in [0.1, 0.15) is 0 Å². The molecule has 1 aliphatic heterocycles. The molecule has 1 heterocycles. The summed E-state index contributed by atoms with van der Waals surface area (Å²) in [5.74, 6) is -0.245. The van der Waals surface area contributed by atoms with E-state index in [0.717, 1.165) is 37.6 Å². The number of anilines is 1. The van der Waals surface area contributed by atoms with E-state index in [4.69, 9.17) is 9.47 Å². The van der Waals surface area contributed by atoms with Crippen molar-refractivity contribution in [2.45, 2.75) is 11.4 Å². The van der Waals surface area contributed by atoms with Crippen molar-refractivity contribution in [3.05, 3.63) is 59.7 Å². The fourth-order valence-corrected chi connectivity index (χ4v) is 4.49. The molecule has 0 N–H and O–H groups in total. The topological polar surface area (TPSA) is 76.2 Å². The minimum Gasteiger partial charge on any atom is -0.384 e. The maximum atomic E-state index is 12.7. The number of rotatable bonds is 8. The molecule has 3 rings (SSSR count). The summed E-state index contributed by atoms with van der Waals surface area (Å²) in [7, 11) is -0.210. The molecule has 8 heteroatoms. The summed E-state index contributed by atoms with van der Waals surface area (Å²) >= 11 is 0. The van der Waals surface area contributed by atoms with Crippen molar-refractivity contribution in [3.63, 3.8) is 0 Å². The summed E-state index contributed by atoms with van der Waals surface area (Å²) < 4.78 is 34.6. The second-order valence-electron chi connectivity index (χ2n) is 7.26. The maximum Gasteiger partial charge on any atom is 0.253 e. The number of benzene rings is 2. The van der Waals surface area contributed by atoms with Crippen molar-refractivity contribution in [1.82, 2.24) is 4.90 Å². The Balaban J connectivity index is 1.61. The average molecular weight is 433 g/mol. The van der Waals surface area contributed by atoms with Crippen LogP contribution in [0.1, 0.15) is 15.9 Å². The van der Waals surface area contributed by atoms with Gasteiger partial charge in [-0.3, -0.25) is 4.79 Å². The highest BCUT2D eigenvalue weighted by atomic mass is 32.2.